The zero-order chi connectivity index (χ0) is 22.8. The van der Waals surface area contributed by atoms with Crippen molar-refractivity contribution in [3.05, 3.63) is 46.5 Å². The SMILES string of the molecule is COc1cc(CC2NCCc3cc(OC)c(OC)cc32)c(C(=O)C(C)(C)C)cc1OC. The molecule has 1 aliphatic rings. The number of nitrogens with one attached hydrogen (secondary N) is 1. The molecule has 6 heteroatoms. The van der Waals surface area contributed by atoms with Gasteiger partial charge in [0.15, 0.2) is 28.8 Å². The number of ketones is 1. The van der Waals surface area contributed by atoms with Gasteiger partial charge < -0.3 is 24.3 Å². The van der Waals surface area contributed by atoms with Crippen LogP contribution in [-0.2, 0) is 12.8 Å². The summed E-state index contributed by atoms with van der Waals surface area (Å²) in [5.74, 6) is 2.69. The van der Waals surface area contributed by atoms with Gasteiger partial charge in [0.2, 0.25) is 0 Å². The maximum atomic E-state index is 13.3. The van der Waals surface area contributed by atoms with E-state index >= 15 is 0 Å². The van der Waals surface area contributed by atoms with Gasteiger partial charge in [-0.2, -0.15) is 0 Å². The zero-order valence-electron chi connectivity index (χ0n) is 19.5. The lowest BCUT2D eigenvalue weighted by Gasteiger charge is -2.29. The lowest BCUT2D eigenvalue weighted by molar-refractivity contribution is 0.0856. The van der Waals surface area contributed by atoms with E-state index in [0.29, 0.717) is 29.2 Å². The Bertz CT molecular complexity index is 961. The highest BCUT2D eigenvalue weighted by atomic mass is 16.5. The smallest absolute Gasteiger partial charge is 0.168 e. The monoisotopic (exact) mass is 427 g/mol. The molecule has 0 saturated heterocycles. The fourth-order valence-electron chi connectivity index (χ4n) is 4.08. The van der Waals surface area contributed by atoms with Crippen LogP contribution in [0.5, 0.6) is 23.0 Å². The van der Waals surface area contributed by atoms with Crippen molar-refractivity contribution in [2.75, 3.05) is 35.0 Å². The highest BCUT2D eigenvalue weighted by Gasteiger charge is 2.29. The first-order chi connectivity index (χ1) is 14.7. The maximum Gasteiger partial charge on any atom is 0.168 e. The molecule has 0 radical (unpaired) electrons. The van der Waals surface area contributed by atoms with Crippen LogP contribution < -0.4 is 24.3 Å². The third-order valence-electron chi connectivity index (χ3n) is 5.77. The number of ether oxygens (including phenoxy) is 4. The van der Waals surface area contributed by atoms with Crippen molar-refractivity contribution in [1.82, 2.24) is 5.32 Å². The van der Waals surface area contributed by atoms with Crippen molar-refractivity contribution in [2.24, 2.45) is 5.41 Å². The van der Waals surface area contributed by atoms with Crippen molar-refractivity contribution >= 4 is 5.78 Å². The molecular formula is C25H33NO5. The Morgan fingerprint density at radius 1 is 0.903 bits per heavy atom. The summed E-state index contributed by atoms with van der Waals surface area (Å²) in [5, 5.41) is 3.60. The van der Waals surface area contributed by atoms with Gasteiger partial charge in [-0.3, -0.25) is 4.79 Å². The average molecular weight is 428 g/mol. The third kappa shape index (κ3) is 4.64. The maximum absolute atomic E-state index is 13.3. The van der Waals surface area contributed by atoms with Gasteiger partial charge in [0.05, 0.1) is 28.4 Å². The largest absolute Gasteiger partial charge is 0.493 e. The van der Waals surface area contributed by atoms with Crippen LogP contribution in [-0.4, -0.2) is 40.8 Å². The normalized spacial score (nSPS) is 15.8. The number of methoxy groups -OCH3 is 4. The van der Waals surface area contributed by atoms with E-state index in [4.69, 9.17) is 18.9 Å². The van der Waals surface area contributed by atoms with Crippen LogP contribution in [0.3, 0.4) is 0 Å². The Morgan fingerprint density at radius 3 is 2.03 bits per heavy atom. The second-order valence-electron chi connectivity index (χ2n) is 8.81. The van der Waals surface area contributed by atoms with Crippen molar-refractivity contribution < 1.29 is 23.7 Å². The zero-order valence-corrected chi connectivity index (χ0v) is 19.5. The van der Waals surface area contributed by atoms with Crippen LogP contribution in [0.2, 0.25) is 0 Å². The minimum absolute atomic E-state index is 0.0353. The number of hydrogen-bond donors (Lipinski definition) is 1. The number of Topliss-reactive ketones (excluding diaryl/α,β-unsaturated/α-hetero) is 1. The van der Waals surface area contributed by atoms with E-state index in [0.717, 1.165) is 29.8 Å². The summed E-state index contributed by atoms with van der Waals surface area (Å²) in [6.45, 7) is 6.65. The van der Waals surface area contributed by atoms with Gasteiger partial charge in [-0.15, -0.1) is 0 Å². The molecule has 0 saturated carbocycles. The van der Waals surface area contributed by atoms with E-state index in [9.17, 15) is 4.79 Å². The molecule has 1 heterocycles. The Hall–Kier alpha value is -2.73. The van der Waals surface area contributed by atoms with Gasteiger partial charge in [0, 0.05) is 17.0 Å². The average Bonchev–Trinajstić information content (AvgIpc) is 2.76. The molecule has 0 bridgehead atoms. The highest BCUT2D eigenvalue weighted by Crippen LogP contribution is 2.39. The molecule has 0 amide bonds. The summed E-state index contributed by atoms with van der Waals surface area (Å²) in [6, 6.07) is 7.86. The number of carbonyl (C=O) groups excluding carboxylic acids is 1. The summed E-state index contributed by atoms with van der Waals surface area (Å²) in [5.41, 5.74) is 3.47. The molecule has 2 aromatic carbocycles. The predicted octanol–water partition coefficient (Wildman–Crippen LogP) is 4.38. The molecule has 0 spiro atoms. The van der Waals surface area contributed by atoms with Gasteiger partial charge in [-0.1, -0.05) is 20.8 Å². The van der Waals surface area contributed by atoms with E-state index in [1.165, 1.54) is 5.56 Å². The molecule has 1 N–H and O–H groups in total. The van der Waals surface area contributed by atoms with Crippen LogP contribution in [0.25, 0.3) is 0 Å². The standard InChI is InChI=1S/C25H33NO5/c1-25(2,3)24(27)18-14-23(31-7)21(29-5)12-16(18)10-19-17-13-22(30-6)20(28-4)11-15(17)8-9-26-19/h11-14,19,26H,8-10H2,1-7H3. The van der Waals surface area contributed by atoms with Gasteiger partial charge in [-0.25, -0.2) is 0 Å². The summed E-state index contributed by atoms with van der Waals surface area (Å²) >= 11 is 0. The van der Waals surface area contributed by atoms with E-state index in [-0.39, 0.29) is 11.8 Å². The molecule has 1 unspecified atom stereocenters. The number of hydrogen-bond acceptors (Lipinski definition) is 6. The quantitative estimate of drug-likeness (QED) is 0.662. The molecule has 0 fully saturated rings. The van der Waals surface area contributed by atoms with Gasteiger partial charge in [0.25, 0.3) is 0 Å². The number of fused-ring (bicyclic) bond motifs is 1. The van der Waals surface area contributed by atoms with Crippen molar-refractivity contribution in [3.63, 3.8) is 0 Å². The van der Waals surface area contributed by atoms with Gasteiger partial charge >= 0.3 is 0 Å². The fraction of sp³-hybridized carbons (Fsp3) is 0.480. The van der Waals surface area contributed by atoms with E-state index < -0.39 is 5.41 Å². The highest BCUT2D eigenvalue weighted by molar-refractivity contribution is 6.01. The molecular weight excluding hydrogens is 394 g/mol. The van der Waals surface area contributed by atoms with Crippen molar-refractivity contribution in [2.45, 2.75) is 39.7 Å². The Labute approximate surface area is 184 Å². The molecule has 0 aromatic heterocycles. The Morgan fingerprint density at radius 2 is 1.45 bits per heavy atom. The minimum Gasteiger partial charge on any atom is -0.493 e. The molecule has 31 heavy (non-hydrogen) atoms. The number of benzene rings is 2. The van der Waals surface area contributed by atoms with E-state index in [1.807, 2.05) is 32.9 Å². The second kappa shape index (κ2) is 9.18. The summed E-state index contributed by atoms with van der Waals surface area (Å²) in [4.78, 5) is 13.3. The summed E-state index contributed by atoms with van der Waals surface area (Å²) in [6.07, 6.45) is 1.55. The first-order valence-corrected chi connectivity index (χ1v) is 10.5. The number of carbonyl (C=O) groups is 1. The second-order valence-corrected chi connectivity index (χ2v) is 8.81. The lowest BCUT2D eigenvalue weighted by Crippen LogP contribution is -2.32. The molecule has 0 aliphatic carbocycles. The molecule has 2 aromatic rings. The molecule has 1 aliphatic heterocycles. The van der Waals surface area contributed by atoms with Crippen LogP contribution in [0.15, 0.2) is 24.3 Å². The van der Waals surface area contributed by atoms with Gasteiger partial charge in [0.1, 0.15) is 0 Å². The van der Waals surface area contributed by atoms with Crippen LogP contribution >= 0.6 is 0 Å². The van der Waals surface area contributed by atoms with Crippen LogP contribution in [0, 0.1) is 5.41 Å². The van der Waals surface area contributed by atoms with E-state index in [1.54, 1.807) is 34.5 Å². The summed E-state index contributed by atoms with van der Waals surface area (Å²) < 4.78 is 22.0. The predicted molar refractivity (Wildman–Crippen MR) is 121 cm³/mol. The van der Waals surface area contributed by atoms with Crippen LogP contribution in [0.1, 0.15) is 53.9 Å². The Balaban J connectivity index is 2.08. The first kappa shape index (κ1) is 22.9. The molecule has 6 nitrogen and oxygen atoms in total. The minimum atomic E-state index is -0.511. The third-order valence-corrected chi connectivity index (χ3v) is 5.77. The molecule has 168 valence electrons. The van der Waals surface area contributed by atoms with E-state index in [2.05, 4.69) is 11.4 Å². The van der Waals surface area contributed by atoms with Gasteiger partial charge in [-0.05, 0) is 60.3 Å². The molecule has 1 atom stereocenters. The molecule has 3 rings (SSSR count). The van der Waals surface area contributed by atoms with Crippen LogP contribution in [0.4, 0.5) is 0 Å². The van der Waals surface area contributed by atoms with Crippen molar-refractivity contribution in [3.8, 4) is 23.0 Å². The first-order valence-electron chi connectivity index (χ1n) is 10.5. The van der Waals surface area contributed by atoms with Crippen molar-refractivity contribution in [1.29, 1.82) is 0 Å². The fourth-order valence-corrected chi connectivity index (χ4v) is 4.08. The topological polar surface area (TPSA) is 66.0 Å². The summed E-state index contributed by atoms with van der Waals surface area (Å²) in [7, 11) is 6.49. The lowest BCUT2D eigenvalue weighted by atomic mass is 9.82. The number of rotatable bonds is 7. The Kier molecular flexibility index (Phi) is 6.80.